The second kappa shape index (κ2) is 3.91. The number of piperidine rings is 1. The van der Waals surface area contributed by atoms with Gasteiger partial charge in [-0.05, 0) is 26.2 Å². The standard InChI is InChI=1S/C10H19F2N/c1-4-9-5-6-13(8(2)3)10(11,12)7-9/h8-9H,4-7H2,1-3H3. The Morgan fingerprint density at radius 3 is 2.46 bits per heavy atom. The molecule has 0 radical (unpaired) electrons. The van der Waals surface area contributed by atoms with Gasteiger partial charge in [0.1, 0.15) is 0 Å². The third-order valence-electron chi connectivity index (χ3n) is 2.93. The molecule has 0 aromatic carbocycles. The molecule has 1 rings (SSSR count). The van der Waals surface area contributed by atoms with Crippen molar-refractivity contribution in [2.24, 2.45) is 5.92 Å². The average molecular weight is 191 g/mol. The van der Waals surface area contributed by atoms with E-state index in [-0.39, 0.29) is 18.4 Å². The Labute approximate surface area is 79.1 Å². The molecular weight excluding hydrogens is 172 g/mol. The zero-order chi connectivity index (χ0) is 10.1. The van der Waals surface area contributed by atoms with Crippen molar-refractivity contribution in [3.63, 3.8) is 0 Å². The van der Waals surface area contributed by atoms with Gasteiger partial charge >= 0.3 is 6.05 Å². The molecule has 1 fully saturated rings. The van der Waals surface area contributed by atoms with E-state index in [2.05, 4.69) is 0 Å². The smallest absolute Gasteiger partial charge is 0.242 e. The third kappa shape index (κ3) is 2.39. The lowest BCUT2D eigenvalue weighted by Gasteiger charge is -2.41. The Balaban J connectivity index is 2.62. The van der Waals surface area contributed by atoms with Gasteiger partial charge in [0.2, 0.25) is 0 Å². The van der Waals surface area contributed by atoms with E-state index < -0.39 is 6.05 Å². The summed E-state index contributed by atoms with van der Waals surface area (Å²) in [6.07, 6.45) is 1.84. The van der Waals surface area contributed by atoms with Crippen LogP contribution in [0.5, 0.6) is 0 Å². The maximum atomic E-state index is 13.5. The molecule has 1 aliphatic rings. The number of nitrogens with zero attached hydrogens (tertiary/aromatic N) is 1. The van der Waals surface area contributed by atoms with E-state index in [0.29, 0.717) is 6.54 Å². The molecule has 0 amide bonds. The van der Waals surface area contributed by atoms with Gasteiger partial charge in [0.05, 0.1) is 0 Å². The molecule has 0 N–H and O–H groups in total. The number of alkyl halides is 2. The molecule has 1 nitrogen and oxygen atoms in total. The van der Waals surface area contributed by atoms with Gasteiger partial charge in [-0.2, -0.15) is 8.78 Å². The van der Waals surface area contributed by atoms with Crippen LogP contribution in [0.2, 0.25) is 0 Å². The molecule has 78 valence electrons. The number of hydrogen-bond acceptors (Lipinski definition) is 1. The van der Waals surface area contributed by atoms with E-state index in [1.54, 1.807) is 0 Å². The molecule has 0 bridgehead atoms. The first-order valence-electron chi connectivity index (χ1n) is 5.12. The highest BCUT2D eigenvalue weighted by atomic mass is 19.3. The van der Waals surface area contributed by atoms with Crippen molar-refractivity contribution in [3.8, 4) is 0 Å². The molecule has 1 saturated heterocycles. The van der Waals surface area contributed by atoms with Crippen LogP contribution >= 0.6 is 0 Å². The van der Waals surface area contributed by atoms with Crippen LogP contribution in [-0.2, 0) is 0 Å². The van der Waals surface area contributed by atoms with E-state index in [1.807, 2.05) is 20.8 Å². The molecule has 1 atom stereocenters. The summed E-state index contributed by atoms with van der Waals surface area (Å²) in [4.78, 5) is 1.32. The molecule has 3 heteroatoms. The molecule has 1 unspecified atom stereocenters. The van der Waals surface area contributed by atoms with Crippen LogP contribution in [0.15, 0.2) is 0 Å². The third-order valence-corrected chi connectivity index (χ3v) is 2.93. The number of hydrogen-bond donors (Lipinski definition) is 0. The molecule has 13 heavy (non-hydrogen) atoms. The van der Waals surface area contributed by atoms with E-state index in [1.165, 1.54) is 4.90 Å². The van der Waals surface area contributed by atoms with Gasteiger partial charge in [0.25, 0.3) is 0 Å². The van der Waals surface area contributed by atoms with Crippen LogP contribution in [0.3, 0.4) is 0 Å². The van der Waals surface area contributed by atoms with Gasteiger partial charge in [-0.15, -0.1) is 0 Å². The monoisotopic (exact) mass is 191 g/mol. The van der Waals surface area contributed by atoms with Crippen molar-refractivity contribution in [2.75, 3.05) is 6.54 Å². The zero-order valence-electron chi connectivity index (χ0n) is 8.69. The van der Waals surface area contributed by atoms with Gasteiger partial charge in [0, 0.05) is 19.0 Å². The van der Waals surface area contributed by atoms with Gasteiger partial charge in [-0.1, -0.05) is 13.3 Å². The van der Waals surface area contributed by atoms with E-state index in [4.69, 9.17) is 0 Å². The fraction of sp³-hybridized carbons (Fsp3) is 1.00. The summed E-state index contributed by atoms with van der Waals surface area (Å²) in [6, 6.07) is -2.62. The highest BCUT2D eigenvalue weighted by molar-refractivity contribution is 4.82. The molecule has 1 heterocycles. The first-order chi connectivity index (χ1) is 5.97. The predicted molar refractivity (Wildman–Crippen MR) is 49.8 cm³/mol. The van der Waals surface area contributed by atoms with Gasteiger partial charge in [0.15, 0.2) is 0 Å². The molecule has 0 aromatic heterocycles. The van der Waals surface area contributed by atoms with Crippen molar-refractivity contribution in [2.45, 2.75) is 52.1 Å². The average Bonchev–Trinajstić information content (AvgIpc) is 2.01. The molecular formula is C10H19F2N. The first kappa shape index (κ1) is 10.9. The summed E-state index contributed by atoms with van der Waals surface area (Å²) in [7, 11) is 0. The first-order valence-corrected chi connectivity index (χ1v) is 5.12. The van der Waals surface area contributed by atoms with Crippen LogP contribution in [0.25, 0.3) is 0 Å². The lowest BCUT2D eigenvalue weighted by atomic mass is 9.92. The van der Waals surface area contributed by atoms with E-state index in [0.717, 1.165) is 12.8 Å². The Hall–Kier alpha value is -0.180. The maximum Gasteiger partial charge on any atom is 0.305 e. The number of likely N-dealkylation sites (tertiary alicyclic amines) is 1. The molecule has 0 aliphatic carbocycles. The molecule has 0 spiro atoms. The van der Waals surface area contributed by atoms with Crippen molar-refractivity contribution in [3.05, 3.63) is 0 Å². The summed E-state index contributed by atoms with van der Waals surface area (Å²) in [5, 5.41) is 0. The number of rotatable bonds is 2. The van der Waals surface area contributed by atoms with Crippen molar-refractivity contribution in [1.29, 1.82) is 0 Å². The summed E-state index contributed by atoms with van der Waals surface area (Å²) >= 11 is 0. The summed E-state index contributed by atoms with van der Waals surface area (Å²) in [5.74, 6) is 0.213. The Bertz CT molecular complexity index is 168. The van der Waals surface area contributed by atoms with Crippen molar-refractivity contribution in [1.82, 2.24) is 4.90 Å². The normalized spacial score (nSPS) is 29.5. The lowest BCUT2D eigenvalue weighted by Crippen LogP contribution is -2.51. The molecule has 0 aromatic rings. The van der Waals surface area contributed by atoms with Gasteiger partial charge in [-0.25, -0.2) is 4.90 Å². The quantitative estimate of drug-likeness (QED) is 0.606. The molecule has 1 aliphatic heterocycles. The predicted octanol–water partition coefficient (Wildman–Crippen LogP) is 3.11. The second-order valence-electron chi connectivity index (χ2n) is 4.22. The molecule has 0 saturated carbocycles. The highest BCUT2D eigenvalue weighted by Crippen LogP contribution is 2.36. The van der Waals surface area contributed by atoms with E-state index >= 15 is 0 Å². The van der Waals surface area contributed by atoms with Crippen LogP contribution in [-0.4, -0.2) is 23.5 Å². The minimum absolute atomic E-state index is 0.0433. The summed E-state index contributed by atoms with van der Waals surface area (Å²) < 4.78 is 27.0. The fourth-order valence-corrected chi connectivity index (χ4v) is 2.04. The zero-order valence-corrected chi connectivity index (χ0v) is 8.69. The van der Waals surface area contributed by atoms with Crippen molar-refractivity contribution < 1.29 is 8.78 Å². The van der Waals surface area contributed by atoms with E-state index in [9.17, 15) is 8.78 Å². The van der Waals surface area contributed by atoms with Gasteiger partial charge in [-0.3, -0.25) is 0 Å². The lowest BCUT2D eigenvalue weighted by molar-refractivity contribution is -0.192. The second-order valence-corrected chi connectivity index (χ2v) is 4.22. The van der Waals surface area contributed by atoms with Crippen LogP contribution in [0, 0.1) is 5.92 Å². The van der Waals surface area contributed by atoms with Crippen LogP contribution in [0.1, 0.15) is 40.0 Å². The fourth-order valence-electron chi connectivity index (χ4n) is 2.04. The Morgan fingerprint density at radius 1 is 1.46 bits per heavy atom. The minimum Gasteiger partial charge on any atom is -0.242 e. The van der Waals surface area contributed by atoms with Crippen LogP contribution < -0.4 is 0 Å². The Morgan fingerprint density at radius 2 is 2.08 bits per heavy atom. The topological polar surface area (TPSA) is 3.24 Å². The number of halogens is 2. The van der Waals surface area contributed by atoms with Gasteiger partial charge < -0.3 is 0 Å². The Kier molecular flexibility index (Phi) is 3.28. The van der Waals surface area contributed by atoms with Crippen molar-refractivity contribution >= 4 is 0 Å². The summed E-state index contributed by atoms with van der Waals surface area (Å²) in [5.41, 5.74) is 0. The minimum atomic E-state index is -2.58. The SMILES string of the molecule is CCC1CCN(C(C)C)C(F)(F)C1. The highest BCUT2D eigenvalue weighted by Gasteiger charge is 2.43. The largest absolute Gasteiger partial charge is 0.305 e. The van der Waals surface area contributed by atoms with Crippen LogP contribution in [0.4, 0.5) is 8.78 Å². The maximum absolute atomic E-state index is 13.5. The summed E-state index contributed by atoms with van der Waals surface area (Å²) in [6.45, 7) is 6.20.